The maximum absolute atomic E-state index is 6.04. The van der Waals surface area contributed by atoms with Crippen LogP contribution < -0.4 is 5.73 Å². The van der Waals surface area contributed by atoms with E-state index in [1.165, 1.54) is 16.7 Å². The summed E-state index contributed by atoms with van der Waals surface area (Å²) in [6.45, 7) is 6.24. The van der Waals surface area contributed by atoms with Crippen LogP contribution in [-0.4, -0.2) is 5.17 Å². The van der Waals surface area contributed by atoms with Gasteiger partial charge in [-0.25, -0.2) is 4.99 Å². The number of nitrogens with zero attached hydrogens (tertiary/aromatic N) is 1. The van der Waals surface area contributed by atoms with Crippen LogP contribution in [0, 0.1) is 20.8 Å². The van der Waals surface area contributed by atoms with Gasteiger partial charge >= 0.3 is 0 Å². The molecule has 0 fully saturated rings. The summed E-state index contributed by atoms with van der Waals surface area (Å²) in [5.41, 5.74) is 11.9. The quantitative estimate of drug-likeness (QED) is 0.666. The van der Waals surface area contributed by atoms with Crippen LogP contribution in [0.2, 0.25) is 0 Å². The van der Waals surface area contributed by atoms with Crippen molar-refractivity contribution in [1.82, 2.24) is 0 Å². The molecule has 0 saturated heterocycles. The first-order valence-electron chi connectivity index (χ1n) is 6.65. The number of amidine groups is 1. The van der Waals surface area contributed by atoms with Crippen LogP contribution in [0.15, 0.2) is 47.5 Å². The van der Waals surface area contributed by atoms with Gasteiger partial charge in [-0.2, -0.15) is 0 Å². The predicted octanol–water partition coefficient (Wildman–Crippen LogP) is 4.49. The lowest BCUT2D eigenvalue weighted by atomic mass is 10.1. The highest BCUT2D eigenvalue weighted by molar-refractivity contribution is 8.13. The zero-order valence-electron chi connectivity index (χ0n) is 12.2. The topological polar surface area (TPSA) is 38.4 Å². The highest BCUT2D eigenvalue weighted by Crippen LogP contribution is 2.22. The van der Waals surface area contributed by atoms with Crippen molar-refractivity contribution in [2.75, 3.05) is 0 Å². The van der Waals surface area contributed by atoms with Gasteiger partial charge in [0, 0.05) is 5.75 Å². The molecule has 0 radical (unpaired) electrons. The molecule has 0 amide bonds. The van der Waals surface area contributed by atoms with Crippen LogP contribution in [0.1, 0.15) is 22.3 Å². The minimum atomic E-state index is 0.613. The molecule has 0 aliphatic heterocycles. The largest absolute Gasteiger partial charge is 0.378 e. The second-order valence-corrected chi connectivity index (χ2v) is 5.95. The third kappa shape index (κ3) is 3.87. The molecule has 3 heteroatoms. The highest BCUT2D eigenvalue weighted by Gasteiger charge is 2.02. The van der Waals surface area contributed by atoms with E-state index in [1.54, 1.807) is 11.8 Å². The zero-order valence-corrected chi connectivity index (χ0v) is 13.0. The number of benzene rings is 2. The number of hydrogen-bond donors (Lipinski definition) is 1. The minimum absolute atomic E-state index is 0.613. The van der Waals surface area contributed by atoms with E-state index in [0.717, 1.165) is 17.0 Å². The van der Waals surface area contributed by atoms with Gasteiger partial charge in [-0.1, -0.05) is 48.2 Å². The Kier molecular flexibility index (Phi) is 4.85. The van der Waals surface area contributed by atoms with Crippen LogP contribution in [0.5, 0.6) is 0 Å². The van der Waals surface area contributed by atoms with E-state index in [0.29, 0.717) is 5.17 Å². The van der Waals surface area contributed by atoms with Gasteiger partial charge in [0.05, 0.1) is 5.69 Å². The second kappa shape index (κ2) is 6.62. The molecule has 0 spiro atoms. The number of rotatable bonds is 3. The van der Waals surface area contributed by atoms with Crippen molar-refractivity contribution in [2.24, 2.45) is 10.7 Å². The van der Waals surface area contributed by atoms with E-state index in [-0.39, 0.29) is 0 Å². The molecule has 0 heterocycles. The minimum Gasteiger partial charge on any atom is -0.378 e. The Bertz CT molecular complexity index is 633. The Morgan fingerprint density at radius 1 is 1.05 bits per heavy atom. The maximum Gasteiger partial charge on any atom is 0.159 e. The summed E-state index contributed by atoms with van der Waals surface area (Å²) >= 11 is 1.58. The van der Waals surface area contributed by atoms with Crippen molar-refractivity contribution >= 4 is 22.6 Å². The van der Waals surface area contributed by atoms with Crippen LogP contribution >= 0.6 is 11.8 Å². The summed E-state index contributed by atoms with van der Waals surface area (Å²) < 4.78 is 0. The predicted molar refractivity (Wildman–Crippen MR) is 89.7 cm³/mol. The first-order chi connectivity index (χ1) is 9.56. The molecule has 104 valence electrons. The molecule has 2 aromatic carbocycles. The van der Waals surface area contributed by atoms with E-state index in [1.807, 2.05) is 0 Å². The number of aliphatic imine (C=N–C) groups is 1. The molecule has 2 N–H and O–H groups in total. The van der Waals surface area contributed by atoms with E-state index >= 15 is 0 Å². The lowest BCUT2D eigenvalue weighted by Crippen LogP contribution is -2.06. The first-order valence-corrected chi connectivity index (χ1v) is 7.63. The fourth-order valence-corrected chi connectivity index (χ4v) is 2.70. The van der Waals surface area contributed by atoms with Crippen molar-refractivity contribution in [1.29, 1.82) is 0 Å². The molecule has 0 unspecified atom stereocenters. The first kappa shape index (κ1) is 14.7. The Labute approximate surface area is 125 Å². The Hall–Kier alpha value is -1.74. The van der Waals surface area contributed by atoms with Gasteiger partial charge in [0.2, 0.25) is 0 Å². The number of aryl methyl sites for hydroxylation is 3. The smallest absolute Gasteiger partial charge is 0.159 e. The van der Waals surface area contributed by atoms with Crippen molar-refractivity contribution in [3.8, 4) is 0 Å². The van der Waals surface area contributed by atoms with Crippen LogP contribution in [0.3, 0.4) is 0 Å². The highest BCUT2D eigenvalue weighted by atomic mass is 32.2. The van der Waals surface area contributed by atoms with Gasteiger partial charge in [0.25, 0.3) is 0 Å². The second-order valence-electron chi connectivity index (χ2n) is 4.96. The van der Waals surface area contributed by atoms with Crippen molar-refractivity contribution in [3.05, 3.63) is 64.7 Å². The molecule has 20 heavy (non-hydrogen) atoms. The van der Waals surface area contributed by atoms with Gasteiger partial charge in [0.15, 0.2) is 5.17 Å². The number of hydrogen-bond acceptors (Lipinski definition) is 2. The van der Waals surface area contributed by atoms with Crippen LogP contribution in [-0.2, 0) is 5.75 Å². The SMILES string of the molecule is Cc1ccc(C)c(N=C(N)SCc2ccccc2C)c1. The summed E-state index contributed by atoms with van der Waals surface area (Å²) in [5, 5.41) is 0.613. The average molecular weight is 284 g/mol. The third-order valence-electron chi connectivity index (χ3n) is 3.23. The zero-order chi connectivity index (χ0) is 14.5. The van der Waals surface area contributed by atoms with Gasteiger partial charge in [0.1, 0.15) is 0 Å². The molecule has 0 bridgehead atoms. The van der Waals surface area contributed by atoms with Gasteiger partial charge in [-0.15, -0.1) is 0 Å². The van der Waals surface area contributed by atoms with Gasteiger partial charge in [-0.3, -0.25) is 0 Å². The molecule has 2 nitrogen and oxygen atoms in total. The molecular formula is C17H20N2S. The van der Waals surface area contributed by atoms with Gasteiger partial charge < -0.3 is 5.73 Å². The molecular weight excluding hydrogens is 264 g/mol. The van der Waals surface area contributed by atoms with Crippen molar-refractivity contribution in [2.45, 2.75) is 26.5 Å². The molecule has 0 aliphatic carbocycles. The van der Waals surface area contributed by atoms with Gasteiger partial charge in [-0.05, 0) is 49.1 Å². The van der Waals surface area contributed by atoms with E-state index in [4.69, 9.17) is 5.73 Å². The normalized spacial score (nSPS) is 11.7. The molecule has 0 saturated carbocycles. The van der Waals surface area contributed by atoms with Crippen LogP contribution in [0.25, 0.3) is 0 Å². The summed E-state index contributed by atoms with van der Waals surface area (Å²) in [5.74, 6) is 0.854. The molecule has 2 rings (SSSR count). The number of nitrogens with two attached hydrogens (primary N) is 1. The monoisotopic (exact) mass is 284 g/mol. The van der Waals surface area contributed by atoms with Crippen molar-refractivity contribution < 1.29 is 0 Å². The maximum atomic E-state index is 6.04. The Morgan fingerprint density at radius 2 is 1.80 bits per heavy atom. The summed E-state index contributed by atoms with van der Waals surface area (Å²) in [4.78, 5) is 4.52. The fourth-order valence-electron chi connectivity index (χ4n) is 1.91. The molecule has 0 aliphatic rings. The molecule has 2 aromatic rings. The summed E-state index contributed by atoms with van der Waals surface area (Å²) in [7, 11) is 0. The van der Waals surface area contributed by atoms with Crippen molar-refractivity contribution in [3.63, 3.8) is 0 Å². The summed E-state index contributed by atoms with van der Waals surface area (Å²) in [6.07, 6.45) is 0. The average Bonchev–Trinajstić information content (AvgIpc) is 2.42. The third-order valence-corrected chi connectivity index (χ3v) is 4.07. The van der Waals surface area contributed by atoms with E-state index < -0.39 is 0 Å². The Balaban J connectivity index is 2.08. The van der Waals surface area contributed by atoms with E-state index in [9.17, 15) is 0 Å². The standard InChI is InChI=1S/C17H20N2S/c1-12-8-9-14(3)16(10-12)19-17(18)20-11-15-7-5-4-6-13(15)2/h4-10H,11H2,1-3H3,(H2,18,19). The lowest BCUT2D eigenvalue weighted by molar-refractivity contribution is 1.31. The van der Waals surface area contributed by atoms with E-state index in [2.05, 4.69) is 68.2 Å². The fraction of sp³-hybridized carbons (Fsp3) is 0.235. The summed E-state index contributed by atoms with van der Waals surface area (Å²) in [6, 6.07) is 14.6. The number of thioether (sulfide) groups is 1. The molecule has 0 atom stereocenters. The Morgan fingerprint density at radius 3 is 2.55 bits per heavy atom. The molecule has 0 aromatic heterocycles. The van der Waals surface area contributed by atoms with Crippen LogP contribution in [0.4, 0.5) is 5.69 Å². The lowest BCUT2D eigenvalue weighted by Gasteiger charge is -2.06.